The Kier molecular flexibility index (Phi) is 10.9. The van der Waals surface area contributed by atoms with Crippen LogP contribution in [0.1, 0.15) is 54.8 Å². The molecule has 0 saturated carbocycles. The second-order valence-electron chi connectivity index (χ2n) is 9.42. The van der Waals surface area contributed by atoms with E-state index in [9.17, 15) is 14.4 Å². The second-order valence-corrected chi connectivity index (χ2v) is 9.42. The summed E-state index contributed by atoms with van der Waals surface area (Å²) in [5, 5.41) is 11.9. The highest BCUT2D eigenvalue weighted by Crippen LogP contribution is 2.12. The fraction of sp³-hybridized carbons (Fsp3) is 0.345. The maximum atomic E-state index is 12.8. The van der Waals surface area contributed by atoms with E-state index >= 15 is 0 Å². The van der Waals surface area contributed by atoms with E-state index in [0.29, 0.717) is 35.5 Å². The predicted octanol–water partition coefficient (Wildman–Crippen LogP) is 4.02. The highest BCUT2D eigenvalue weighted by molar-refractivity contribution is 5.97. The van der Waals surface area contributed by atoms with Crippen molar-refractivity contribution in [1.29, 1.82) is 0 Å². The van der Waals surface area contributed by atoms with Crippen LogP contribution in [0.15, 0.2) is 85.2 Å². The van der Waals surface area contributed by atoms with Gasteiger partial charge in [0, 0.05) is 35.5 Å². The molecule has 0 spiro atoms. The molecule has 2 atom stereocenters. The topological polar surface area (TPSA) is 99.3 Å². The lowest BCUT2D eigenvalue weighted by Gasteiger charge is -2.26. The Balaban J connectivity index is 1.85. The van der Waals surface area contributed by atoms with Crippen molar-refractivity contribution in [2.75, 3.05) is 6.54 Å². The third kappa shape index (κ3) is 8.73. The van der Waals surface area contributed by atoms with Gasteiger partial charge >= 0.3 is 0 Å². The summed E-state index contributed by atoms with van der Waals surface area (Å²) >= 11 is 0. The normalized spacial score (nSPS) is 12.4. The maximum absolute atomic E-state index is 12.8. The van der Waals surface area contributed by atoms with E-state index in [-0.39, 0.29) is 35.6 Å². The number of carbonyl (C=O) groups is 3. The van der Waals surface area contributed by atoms with Crippen LogP contribution in [0, 0.1) is 11.8 Å². The van der Waals surface area contributed by atoms with E-state index in [0.717, 1.165) is 0 Å². The van der Waals surface area contributed by atoms with Crippen molar-refractivity contribution in [1.82, 2.24) is 21.3 Å². The van der Waals surface area contributed by atoms with Crippen LogP contribution in [0.5, 0.6) is 0 Å². The monoisotopic (exact) mass is 490 g/mol. The molecule has 0 aliphatic heterocycles. The molecule has 1 unspecified atom stereocenters. The average molecular weight is 491 g/mol. The summed E-state index contributed by atoms with van der Waals surface area (Å²) in [6.07, 6.45) is 0.458. The van der Waals surface area contributed by atoms with Crippen molar-refractivity contribution in [2.45, 2.75) is 46.2 Å². The molecule has 2 aromatic rings. The molecule has 7 nitrogen and oxygen atoms in total. The smallest absolute Gasteiger partial charge is 0.251 e. The fourth-order valence-corrected chi connectivity index (χ4v) is 3.63. The van der Waals surface area contributed by atoms with Gasteiger partial charge < -0.3 is 21.3 Å². The Morgan fingerprint density at radius 2 is 1.17 bits per heavy atom. The van der Waals surface area contributed by atoms with Gasteiger partial charge in [-0.3, -0.25) is 14.4 Å². The Morgan fingerprint density at radius 1 is 0.722 bits per heavy atom. The van der Waals surface area contributed by atoms with Crippen LogP contribution in [0.25, 0.3) is 0 Å². The minimum absolute atomic E-state index is 0.0845. The molecule has 0 saturated heterocycles. The maximum Gasteiger partial charge on any atom is 0.251 e. The Hall–Kier alpha value is -3.87. The number of rotatable bonds is 13. The first-order valence-corrected chi connectivity index (χ1v) is 12.2. The fourth-order valence-electron chi connectivity index (χ4n) is 3.63. The van der Waals surface area contributed by atoms with Crippen molar-refractivity contribution in [3.05, 3.63) is 96.3 Å². The number of hydrogen-bond acceptors (Lipinski definition) is 4. The SMILES string of the molecule is C=C(CCNC(=O)[C@@H](NC(=O)c1ccccc1)C(C)C)NC(=C)C(NC(=O)c1ccccc1)C(C)C. The molecular formula is C29H38N4O3. The zero-order chi connectivity index (χ0) is 26.7. The molecule has 0 aromatic heterocycles. The van der Waals surface area contributed by atoms with E-state index in [4.69, 9.17) is 0 Å². The quantitative estimate of drug-likeness (QED) is 0.341. The lowest BCUT2D eigenvalue weighted by molar-refractivity contribution is -0.123. The highest BCUT2D eigenvalue weighted by Gasteiger charge is 2.25. The second kappa shape index (κ2) is 13.9. The Bertz CT molecular complexity index is 1050. The van der Waals surface area contributed by atoms with Gasteiger partial charge in [-0.1, -0.05) is 77.3 Å². The molecule has 2 aromatic carbocycles. The van der Waals surface area contributed by atoms with Gasteiger partial charge in [-0.2, -0.15) is 0 Å². The van der Waals surface area contributed by atoms with Crippen molar-refractivity contribution < 1.29 is 14.4 Å². The number of nitrogens with one attached hydrogen (secondary N) is 4. The van der Waals surface area contributed by atoms with Crippen LogP contribution < -0.4 is 21.3 Å². The summed E-state index contributed by atoms with van der Waals surface area (Å²) in [6, 6.07) is 16.9. The first kappa shape index (κ1) is 28.4. The molecule has 4 N–H and O–H groups in total. The summed E-state index contributed by atoms with van der Waals surface area (Å²) in [4.78, 5) is 37.9. The van der Waals surface area contributed by atoms with Gasteiger partial charge in [0.15, 0.2) is 0 Å². The lowest BCUT2D eigenvalue weighted by Crippen LogP contribution is -2.50. The molecule has 0 aliphatic rings. The minimum Gasteiger partial charge on any atom is -0.361 e. The summed E-state index contributed by atoms with van der Waals surface area (Å²) in [6.45, 7) is 16.2. The average Bonchev–Trinajstić information content (AvgIpc) is 2.85. The highest BCUT2D eigenvalue weighted by atomic mass is 16.2. The van der Waals surface area contributed by atoms with Crippen LogP contribution in [-0.2, 0) is 4.79 Å². The molecule has 0 radical (unpaired) electrons. The van der Waals surface area contributed by atoms with Crippen LogP contribution in [0.3, 0.4) is 0 Å². The van der Waals surface area contributed by atoms with Crippen LogP contribution in [0.4, 0.5) is 0 Å². The third-order valence-electron chi connectivity index (χ3n) is 5.70. The molecule has 2 rings (SSSR count). The zero-order valence-electron chi connectivity index (χ0n) is 21.6. The van der Waals surface area contributed by atoms with E-state index in [1.165, 1.54) is 0 Å². The molecule has 0 fully saturated rings. The number of carbonyl (C=O) groups excluding carboxylic acids is 3. The van der Waals surface area contributed by atoms with Gasteiger partial charge in [-0.25, -0.2) is 0 Å². The largest absolute Gasteiger partial charge is 0.361 e. The van der Waals surface area contributed by atoms with E-state index < -0.39 is 6.04 Å². The summed E-state index contributed by atoms with van der Waals surface area (Å²) in [5.41, 5.74) is 2.37. The molecular weight excluding hydrogens is 452 g/mol. The van der Waals surface area contributed by atoms with Crippen molar-refractivity contribution in [3.8, 4) is 0 Å². The first-order chi connectivity index (χ1) is 17.1. The predicted molar refractivity (Wildman–Crippen MR) is 144 cm³/mol. The number of amides is 3. The van der Waals surface area contributed by atoms with Gasteiger partial charge in [0.25, 0.3) is 11.8 Å². The molecule has 0 aliphatic carbocycles. The Morgan fingerprint density at radius 3 is 1.61 bits per heavy atom. The molecule has 3 amide bonds. The van der Waals surface area contributed by atoms with Crippen molar-refractivity contribution >= 4 is 17.7 Å². The van der Waals surface area contributed by atoms with Crippen molar-refractivity contribution in [3.63, 3.8) is 0 Å². The van der Waals surface area contributed by atoms with Gasteiger partial charge in [0.1, 0.15) is 6.04 Å². The van der Waals surface area contributed by atoms with Gasteiger partial charge in [-0.05, 0) is 36.1 Å². The summed E-state index contributed by atoms with van der Waals surface area (Å²) in [5.74, 6) is -0.698. The van der Waals surface area contributed by atoms with Gasteiger partial charge in [-0.15, -0.1) is 0 Å². The standard InChI is InChI=1S/C29H38N4O3/c1-19(2)25(32-27(34)23-13-9-7-10-14-23)22(6)31-21(5)17-18-30-29(36)26(20(3)4)33-28(35)24-15-11-8-12-16-24/h7-16,19-20,25-26,31H,5-6,17-18H2,1-4H3,(H,30,36)(H,32,34)(H,33,35)/t25?,26-/m0/s1. The van der Waals surface area contributed by atoms with E-state index in [1.54, 1.807) is 36.4 Å². The van der Waals surface area contributed by atoms with Crippen LogP contribution in [0.2, 0.25) is 0 Å². The summed E-state index contributed by atoms with van der Waals surface area (Å²) in [7, 11) is 0. The Labute approximate surface area is 214 Å². The van der Waals surface area contributed by atoms with Crippen LogP contribution >= 0.6 is 0 Å². The molecule has 36 heavy (non-hydrogen) atoms. The van der Waals surface area contributed by atoms with E-state index in [1.807, 2.05) is 52.0 Å². The number of benzene rings is 2. The molecule has 0 heterocycles. The lowest BCUT2D eigenvalue weighted by atomic mass is 10.0. The van der Waals surface area contributed by atoms with E-state index in [2.05, 4.69) is 34.4 Å². The first-order valence-electron chi connectivity index (χ1n) is 12.2. The minimum atomic E-state index is -0.660. The number of hydrogen-bond donors (Lipinski definition) is 4. The summed E-state index contributed by atoms with van der Waals surface area (Å²) < 4.78 is 0. The molecule has 0 bridgehead atoms. The van der Waals surface area contributed by atoms with Gasteiger partial charge in [0.2, 0.25) is 5.91 Å². The third-order valence-corrected chi connectivity index (χ3v) is 5.70. The molecule has 192 valence electrons. The van der Waals surface area contributed by atoms with Crippen LogP contribution in [-0.4, -0.2) is 36.3 Å². The van der Waals surface area contributed by atoms with Crippen molar-refractivity contribution in [2.24, 2.45) is 11.8 Å². The molecule has 7 heteroatoms. The van der Waals surface area contributed by atoms with Gasteiger partial charge in [0.05, 0.1) is 6.04 Å². The zero-order valence-corrected chi connectivity index (χ0v) is 21.6.